The molecule has 1 heterocycles. The van der Waals surface area contributed by atoms with E-state index in [1.807, 2.05) is 0 Å². The lowest BCUT2D eigenvalue weighted by molar-refractivity contribution is 0.0393. The van der Waals surface area contributed by atoms with Gasteiger partial charge in [-0.25, -0.2) is 9.37 Å². The van der Waals surface area contributed by atoms with Crippen LogP contribution in [0.25, 0.3) is 0 Å². The van der Waals surface area contributed by atoms with Crippen LogP contribution in [0.15, 0.2) is 6.20 Å². The standard InChI is InChI=1S/C13H17ClFN3O/c14-13-16-5-10(15)12(18-13)17-11-8-3-1-7(2-4-8)9(11)6-19/h5,7-9,11,19H,1-4,6H2,(H,16,17,18)/t7?,8?,9-,11-/m0/s1. The Balaban J connectivity index is 1.83. The van der Waals surface area contributed by atoms with E-state index in [0.717, 1.165) is 19.0 Å². The molecule has 0 aliphatic heterocycles. The van der Waals surface area contributed by atoms with Gasteiger partial charge in [0.2, 0.25) is 5.28 Å². The quantitative estimate of drug-likeness (QED) is 0.838. The summed E-state index contributed by atoms with van der Waals surface area (Å²) in [5, 5.41) is 12.8. The molecule has 0 radical (unpaired) electrons. The predicted molar refractivity (Wildman–Crippen MR) is 70.4 cm³/mol. The summed E-state index contributed by atoms with van der Waals surface area (Å²) in [6.07, 6.45) is 5.69. The van der Waals surface area contributed by atoms with E-state index in [4.69, 9.17) is 11.6 Å². The summed E-state index contributed by atoms with van der Waals surface area (Å²) in [6, 6.07) is 0.0815. The van der Waals surface area contributed by atoms with Crippen LogP contribution in [0.1, 0.15) is 25.7 Å². The summed E-state index contributed by atoms with van der Waals surface area (Å²) in [7, 11) is 0. The monoisotopic (exact) mass is 285 g/mol. The predicted octanol–water partition coefficient (Wildman–Crippen LogP) is 2.48. The SMILES string of the molecule is OC[C@H]1C2CCC(CC2)[C@@H]1Nc1nc(Cl)ncc1F. The molecule has 0 spiro atoms. The van der Waals surface area contributed by atoms with Crippen molar-refractivity contribution < 1.29 is 9.50 Å². The third-order valence-electron chi connectivity index (χ3n) is 4.62. The van der Waals surface area contributed by atoms with Crippen LogP contribution in [0, 0.1) is 23.6 Å². The van der Waals surface area contributed by atoms with Crippen LogP contribution < -0.4 is 5.32 Å². The van der Waals surface area contributed by atoms with Gasteiger partial charge in [-0.15, -0.1) is 0 Å². The summed E-state index contributed by atoms with van der Waals surface area (Å²) < 4.78 is 13.7. The van der Waals surface area contributed by atoms with E-state index < -0.39 is 5.82 Å². The van der Waals surface area contributed by atoms with Crippen molar-refractivity contribution in [2.75, 3.05) is 11.9 Å². The molecule has 6 heteroatoms. The number of hydrogen-bond donors (Lipinski definition) is 2. The first-order valence-electron chi connectivity index (χ1n) is 6.74. The average Bonchev–Trinajstić information content (AvgIpc) is 2.44. The van der Waals surface area contributed by atoms with Crippen LogP contribution in [-0.2, 0) is 0 Å². The van der Waals surface area contributed by atoms with Crippen molar-refractivity contribution in [1.29, 1.82) is 0 Å². The van der Waals surface area contributed by atoms with Gasteiger partial charge in [0, 0.05) is 18.6 Å². The number of fused-ring (bicyclic) bond motifs is 3. The fourth-order valence-electron chi connectivity index (χ4n) is 3.67. The molecule has 4 nitrogen and oxygen atoms in total. The molecule has 4 rings (SSSR count). The highest BCUT2D eigenvalue weighted by Crippen LogP contribution is 2.46. The van der Waals surface area contributed by atoms with Crippen LogP contribution in [0.4, 0.5) is 10.2 Å². The van der Waals surface area contributed by atoms with E-state index in [1.165, 1.54) is 12.8 Å². The minimum Gasteiger partial charge on any atom is -0.396 e. The van der Waals surface area contributed by atoms with Gasteiger partial charge in [0.25, 0.3) is 0 Å². The Morgan fingerprint density at radius 3 is 2.68 bits per heavy atom. The maximum Gasteiger partial charge on any atom is 0.224 e. The van der Waals surface area contributed by atoms with Gasteiger partial charge in [-0.3, -0.25) is 0 Å². The zero-order valence-corrected chi connectivity index (χ0v) is 11.3. The number of nitrogens with zero attached hydrogens (tertiary/aromatic N) is 2. The summed E-state index contributed by atoms with van der Waals surface area (Å²) in [6.45, 7) is 0.138. The fourth-order valence-corrected chi connectivity index (χ4v) is 3.80. The van der Waals surface area contributed by atoms with Gasteiger partial charge in [-0.1, -0.05) is 0 Å². The Morgan fingerprint density at radius 1 is 1.32 bits per heavy atom. The molecule has 0 amide bonds. The largest absolute Gasteiger partial charge is 0.396 e. The van der Waals surface area contributed by atoms with E-state index in [2.05, 4.69) is 15.3 Å². The van der Waals surface area contributed by atoms with Gasteiger partial charge in [0.1, 0.15) is 0 Å². The first-order valence-corrected chi connectivity index (χ1v) is 7.12. The average molecular weight is 286 g/mol. The fraction of sp³-hybridized carbons (Fsp3) is 0.692. The Morgan fingerprint density at radius 2 is 2.00 bits per heavy atom. The van der Waals surface area contributed by atoms with Crippen molar-refractivity contribution >= 4 is 17.4 Å². The molecule has 3 aliphatic carbocycles. The van der Waals surface area contributed by atoms with Gasteiger partial charge in [0.05, 0.1) is 6.20 Å². The zero-order valence-electron chi connectivity index (χ0n) is 10.5. The number of aliphatic hydroxyl groups excluding tert-OH is 1. The van der Waals surface area contributed by atoms with Crippen LogP contribution in [0.3, 0.4) is 0 Å². The molecule has 2 bridgehead atoms. The zero-order chi connectivity index (χ0) is 13.4. The minimum atomic E-state index is -0.498. The molecule has 2 N–H and O–H groups in total. The number of halogens is 2. The molecule has 0 unspecified atom stereocenters. The molecular formula is C13H17ClFN3O. The normalized spacial score (nSPS) is 33.4. The molecule has 2 atom stereocenters. The smallest absolute Gasteiger partial charge is 0.224 e. The Kier molecular flexibility index (Phi) is 3.58. The van der Waals surface area contributed by atoms with Crippen molar-refractivity contribution in [3.05, 3.63) is 17.3 Å². The number of hydrogen-bond acceptors (Lipinski definition) is 4. The van der Waals surface area contributed by atoms with Crippen LogP contribution in [0.2, 0.25) is 5.28 Å². The van der Waals surface area contributed by atoms with E-state index in [9.17, 15) is 9.50 Å². The molecule has 1 aromatic rings. The molecule has 3 aliphatic rings. The number of aromatic nitrogens is 2. The van der Waals surface area contributed by atoms with Gasteiger partial charge >= 0.3 is 0 Å². The highest BCUT2D eigenvalue weighted by Gasteiger charge is 2.43. The number of nitrogens with one attached hydrogen (secondary N) is 1. The number of anilines is 1. The lowest BCUT2D eigenvalue weighted by atomic mass is 9.62. The first-order chi connectivity index (χ1) is 9.19. The maximum absolute atomic E-state index is 13.7. The molecule has 104 valence electrons. The number of aliphatic hydroxyl groups is 1. The van der Waals surface area contributed by atoms with Gasteiger partial charge in [0.15, 0.2) is 11.6 Å². The molecule has 3 fully saturated rings. The highest BCUT2D eigenvalue weighted by molar-refractivity contribution is 6.28. The second kappa shape index (κ2) is 5.21. The van der Waals surface area contributed by atoms with Crippen LogP contribution in [0.5, 0.6) is 0 Å². The second-order valence-corrected chi connectivity index (χ2v) is 5.87. The molecule has 19 heavy (non-hydrogen) atoms. The van der Waals surface area contributed by atoms with Gasteiger partial charge < -0.3 is 10.4 Å². The van der Waals surface area contributed by atoms with Gasteiger partial charge in [-0.2, -0.15) is 4.98 Å². The second-order valence-electron chi connectivity index (χ2n) is 5.53. The molecular weight excluding hydrogens is 269 g/mol. The van der Waals surface area contributed by atoms with Crippen LogP contribution in [-0.4, -0.2) is 27.7 Å². The molecule has 0 aromatic carbocycles. The number of rotatable bonds is 3. The van der Waals surface area contributed by atoms with E-state index >= 15 is 0 Å². The Labute approximate surface area is 116 Å². The van der Waals surface area contributed by atoms with Crippen molar-refractivity contribution in [2.45, 2.75) is 31.7 Å². The summed E-state index contributed by atoms with van der Waals surface area (Å²) in [5.74, 6) is 0.849. The summed E-state index contributed by atoms with van der Waals surface area (Å²) in [5.41, 5.74) is 0. The maximum atomic E-state index is 13.7. The highest BCUT2D eigenvalue weighted by atomic mass is 35.5. The third kappa shape index (κ3) is 2.41. The third-order valence-corrected chi connectivity index (χ3v) is 4.80. The summed E-state index contributed by atoms with van der Waals surface area (Å²) in [4.78, 5) is 7.52. The Hall–Kier alpha value is -0.940. The van der Waals surface area contributed by atoms with Crippen LogP contribution >= 0.6 is 11.6 Å². The molecule has 3 saturated carbocycles. The minimum absolute atomic E-state index is 0.0328. The van der Waals surface area contributed by atoms with Crippen molar-refractivity contribution in [3.63, 3.8) is 0 Å². The topological polar surface area (TPSA) is 58.0 Å². The molecule has 1 aromatic heterocycles. The van der Waals surface area contributed by atoms with Crippen molar-refractivity contribution in [3.8, 4) is 0 Å². The first kappa shape index (κ1) is 13.1. The van der Waals surface area contributed by atoms with Gasteiger partial charge in [-0.05, 0) is 49.1 Å². The van der Waals surface area contributed by atoms with E-state index in [-0.39, 0.29) is 29.7 Å². The van der Waals surface area contributed by atoms with Crippen molar-refractivity contribution in [1.82, 2.24) is 9.97 Å². The van der Waals surface area contributed by atoms with E-state index in [0.29, 0.717) is 11.8 Å². The lowest BCUT2D eigenvalue weighted by Crippen LogP contribution is -2.49. The molecule has 0 saturated heterocycles. The van der Waals surface area contributed by atoms with E-state index in [1.54, 1.807) is 0 Å². The van der Waals surface area contributed by atoms with Crippen molar-refractivity contribution in [2.24, 2.45) is 17.8 Å². The summed E-state index contributed by atoms with van der Waals surface area (Å²) >= 11 is 5.71. The Bertz CT molecular complexity index is 465. The lowest BCUT2D eigenvalue weighted by Gasteiger charge is -2.48.